The van der Waals surface area contributed by atoms with Gasteiger partial charge in [0, 0.05) is 31.6 Å². The quantitative estimate of drug-likeness (QED) is 0.0645. The SMILES string of the molecule is NCCC(O)CNCC1OC(C2C(N)CC(NC(=O)N(O)CCN)C(OC3OC(CO)C(O)C(N)C3O)C2O)C(O)C(O)C1O. The Labute approximate surface area is 259 Å². The minimum absolute atomic E-state index is 0.0713. The number of amides is 2. The Balaban J connectivity index is 1.87. The average Bonchev–Trinajstić information content (AvgIpc) is 2.99. The van der Waals surface area contributed by atoms with Crippen molar-refractivity contribution < 1.29 is 65.1 Å². The van der Waals surface area contributed by atoms with Gasteiger partial charge in [0.2, 0.25) is 0 Å². The third kappa shape index (κ3) is 8.94. The summed E-state index contributed by atoms with van der Waals surface area (Å²) < 4.78 is 17.4. The first-order valence-corrected chi connectivity index (χ1v) is 15.0. The number of hydroxylamine groups is 2. The van der Waals surface area contributed by atoms with E-state index in [2.05, 4.69) is 10.6 Å². The Hall–Kier alpha value is -1.41. The molecule has 20 heteroatoms. The first-order chi connectivity index (χ1) is 21.3. The zero-order valence-electron chi connectivity index (χ0n) is 24.8. The van der Waals surface area contributed by atoms with E-state index in [1.807, 2.05) is 0 Å². The van der Waals surface area contributed by atoms with Crippen molar-refractivity contribution in [3.63, 3.8) is 0 Å². The molecule has 2 aliphatic heterocycles. The summed E-state index contributed by atoms with van der Waals surface area (Å²) in [5, 5.41) is 100. The summed E-state index contributed by atoms with van der Waals surface area (Å²) in [6.45, 7) is -0.730. The number of rotatable bonds is 13. The van der Waals surface area contributed by atoms with Gasteiger partial charge < -0.3 is 88.6 Å². The maximum atomic E-state index is 12.7. The molecular formula is C25H51N7O13. The molecule has 0 aromatic carbocycles. The van der Waals surface area contributed by atoms with Crippen LogP contribution in [-0.2, 0) is 14.2 Å². The number of aliphatic hydroxyl groups is 8. The van der Waals surface area contributed by atoms with Gasteiger partial charge in [-0.25, -0.2) is 9.86 Å². The summed E-state index contributed by atoms with van der Waals surface area (Å²) >= 11 is 0. The standard InChI is InChI=1S/C25H51N7O13/c26-2-1-9(34)6-30-7-12-17(36)20(39)21(40)23(43-12)14-10(28)5-11(31-25(41)32(42)4-3-27)22(18(14)37)45-24-19(38)15(29)16(35)13(8-33)44-24/h9-24,30,33-40,42H,1-8,26-29H2,(H,31,41). The second-order valence-electron chi connectivity index (χ2n) is 11.8. The molecule has 19 N–H and O–H groups in total. The molecule has 0 radical (unpaired) electrons. The van der Waals surface area contributed by atoms with Crippen LogP contribution in [0.15, 0.2) is 0 Å². The Kier molecular flexibility index (Phi) is 14.5. The summed E-state index contributed by atoms with van der Waals surface area (Å²) in [6.07, 6.45) is -17.4. The van der Waals surface area contributed by atoms with E-state index in [-0.39, 0.29) is 39.1 Å². The molecular weight excluding hydrogens is 606 g/mol. The molecule has 264 valence electrons. The number of urea groups is 1. The van der Waals surface area contributed by atoms with Crippen LogP contribution in [0.25, 0.3) is 0 Å². The van der Waals surface area contributed by atoms with Gasteiger partial charge in [-0.3, -0.25) is 5.21 Å². The van der Waals surface area contributed by atoms with Gasteiger partial charge in [-0.1, -0.05) is 0 Å². The van der Waals surface area contributed by atoms with Gasteiger partial charge in [0.15, 0.2) is 6.29 Å². The van der Waals surface area contributed by atoms with Gasteiger partial charge in [0.1, 0.15) is 42.7 Å². The lowest BCUT2D eigenvalue weighted by atomic mass is 9.72. The van der Waals surface area contributed by atoms with Crippen molar-refractivity contribution in [1.29, 1.82) is 0 Å². The maximum absolute atomic E-state index is 12.7. The highest BCUT2D eigenvalue weighted by molar-refractivity contribution is 5.73. The molecule has 0 aromatic rings. The Morgan fingerprint density at radius 3 is 2.24 bits per heavy atom. The maximum Gasteiger partial charge on any atom is 0.341 e. The van der Waals surface area contributed by atoms with Crippen LogP contribution in [0.2, 0.25) is 0 Å². The van der Waals surface area contributed by atoms with Crippen LogP contribution in [0.4, 0.5) is 4.79 Å². The van der Waals surface area contributed by atoms with E-state index in [9.17, 15) is 50.9 Å². The highest BCUT2D eigenvalue weighted by atomic mass is 16.7. The van der Waals surface area contributed by atoms with Gasteiger partial charge in [-0.2, -0.15) is 0 Å². The predicted molar refractivity (Wildman–Crippen MR) is 152 cm³/mol. The molecule has 16 atom stereocenters. The van der Waals surface area contributed by atoms with Crippen LogP contribution >= 0.6 is 0 Å². The number of aliphatic hydroxyl groups excluding tert-OH is 8. The number of nitrogens with two attached hydrogens (primary N) is 4. The second kappa shape index (κ2) is 17.1. The molecule has 1 saturated carbocycles. The van der Waals surface area contributed by atoms with Gasteiger partial charge in [0.05, 0.1) is 49.7 Å². The van der Waals surface area contributed by atoms with Crippen LogP contribution in [0.1, 0.15) is 12.8 Å². The Morgan fingerprint density at radius 2 is 1.62 bits per heavy atom. The summed E-state index contributed by atoms with van der Waals surface area (Å²) in [7, 11) is 0. The van der Waals surface area contributed by atoms with Crippen molar-refractivity contribution in [2.45, 2.75) is 104 Å². The third-order valence-electron chi connectivity index (χ3n) is 8.61. The number of ether oxygens (including phenoxy) is 3. The van der Waals surface area contributed by atoms with E-state index in [0.717, 1.165) is 0 Å². The molecule has 0 bridgehead atoms. The molecule has 3 aliphatic rings. The average molecular weight is 658 g/mol. The summed E-state index contributed by atoms with van der Waals surface area (Å²) in [5.74, 6) is -1.21. The van der Waals surface area contributed by atoms with Crippen molar-refractivity contribution in [3.8, 4) is 0 Å². The lowest BCUT2D eigenvalue weighted by Gasteiger charge is -2.52. The molecule has 45 heavy (non-hydrogen) atoms. The predicted octanol–water partition coefficient (Wildman–Crippen LogP) is -8.28. The van der Waals surface area contributed by atoms with Gasteiger partial charge >= 0.3 is 6.03 Å². The van der Waals surface area contributed by atoms with Crippen LogP contribution in [0.3, 0.4) is 0 Å². The molecule has 2 amide bonds. The molecule has 2 heterocycles. The zero-order chi connectivity index (χ0) is 33.6. The van der Waals surface area contributed by atoms with Crippen LogP contribution < -0.4 is 33.6 Å². The fourth-order valence-electron chi connectivity index (χ4n) is 6.04. The van der Waals surface area contributed by atoms with Crippen molar-refractivity contribution in [3.05, 3.63) is 0 Å². The van der Waals surface area contributed by atoms with E-state index in [1.165, 1.54) is 0 Å². The third-order valence-corrected chi connectivity index (χ3v) is 8.61. The molecule has 16 unspecified atom stereocenters. The highest BCUT2D eigenvalue weighted by Crippen LogP contribution is 2.37. The molecule has 0 aromatic heterocycles. The molecule has 3 rings (SSSR count). The minimum Gasteiger partial charge on any atom is -0.394 e. The van der Waals surface area contributed by atoms with Gasteiger partial charge in [0.25, 0.3) is 0 Å². The summed E-state index contributed by atoms with van der Waals surface area (Å²) in [5.41, 5.74) is 23.2. The number of hydrogen-bond donors (Lipinski definition) is 15. The number of hydrogen-bond acceptors (Lipinski definition) is 18. The fraction of sp³-hybridized carbons (Fsp3) is 0.960. The topological polar surface area (TPSA) is 358 Å². The van der Waals surface area contributed by atoms with E-state index < -0.39 is 110 Å². The Bertz CT molecular complexity index is 915. The lowest BCUT2D eigenvalue weighted by Crippen LogP contribution is -2.71. The van der Waals surface area contributed by atoms with Crippen LogP contribution in [-0.4, -0.2) is 188 Å². The van der Waals surface area contributed by atoms with Crippen molar-refractivity contribution in [2.24, 2.45) is 28.9 Å². The summed E-state index contributed by atoms with van der Waals surface area (Å²) in [4.78, 5) is 12.7. The van der Waals surface area contributed by atoms with Crippen molar-refractivity contribution in [1.82, 2.24) is 15.7 Å². The normalized spacial score (nSPS) is 43.1. The number of carbonyl (C=O) groups is 1. The van der Waals surface area contributed by atoms with E-state index >= 15 is 0 Å². The van der Waals surface area contributed by atoms with Gasteiger partial charge in [-0.15, -0.1) is 0 Å². The van der Waals surface area contributed by atoms with Gasteiger partial charge in [-0.05, 0) is 19.4 Å². The number of nitrogens with one attached hydrogen (secondary N) is 2. The molecule has 3 fully saturated rings. The Morgan fingerprint density at radius 1 is 0.933 bits per heavy atom. The van der Waals surface area contributed by atoms with Crippen LogP contribution in [0.5, 0.6) is 0 Å². The highest BCUT2D eigenvalue weighted by Gasteiger charge is 2.56. The van der Waals surface area contributed by atoms with E-state index in [4.69, 9.17) is 37.1 Å². The van der Waals surface area contributed by atoms with Crippen molar-refractivity contribution in [2.75, 3.05) is 39.3 Å². The zero-order valence-corrected chi connectivity index (χ0v) is 24.8. The number of nitrogens with zero attached hydrogens (tertiary/aromatic N) is 1. The molecule has 0 spiro atoms. The minimum atomic E-state index is -1.74. The van der Waals surface area contributed by atoms with Crippen LogP contribution in [0, 0.1) is 5.92 Å². The smallest absolute Gasteiger partial charge is 0.341 e. The first kappa shape index (κ1) is 38.0. The fourth-order valence-corrected chi connectivity index (χ4v) is 6.04. The number of carbonyl (C=O) groups excluding carboxylic acids is 1. The molecule has 1 aliphatic carbocycles. The van der Waals surface area contributed by atoms with E-state index in [0.29, 0.717) is 11.5 Å². The van der Waals surface area contributed by atoms with Crippen molar-refractivity contribution >= 4 is 6.03 Å². The first-order valence-electron chi connectivity index (χ1n) is 15.0. The lowest BCUT2D eigenvalue weighted by molar-refractivity contribution is -0.310. The molecule has 2 saturated heterocycles. The largest absolute Gasteiger partial charge is 0.394 e. The summed E-state index contributed by atoms with van der Waals surface area (Å²) in [6, 6.07) is -4.55. The second-order valence-corrected chi connectivity index (χ2v) is 11.8. The monoisotopic (exact) mass is 657 g/mol. The van der Waals surface area contributed by atoms with E-state index in [1.54, 1.807) is 0 Å². The molecule has 20 nitrogen and oxygen atoms in total.